The molecular formula is C11H12Cl2N2. The van der Waals surface area contributed by atoms with E-state index in [1.165, 1.54) is 0 Å². The van der Waals surface area contributed by atoms with E-state index in [2.05, 4.69) is 11.4 Å². The fraction of sp³-hybridized carbons (Fsp3) is 0.364. The average molecular weight is 243 g/mol. The van der Waals surface area contributed by atoms with Crippen molar-refractivity contribution < 1.29 is 0 Å². The number of benzene rings is 1. The molecule has 1 atom stereocenters. The number of rotatable bonds is 3. The van der Waals surface area contributed by atoms with Gasteiger partial charge in [0.05, 0.1) is 23.2 Å². The molecule has 0 aliphatic carbocycles. The highest BCUT2D eigenvalue weighted by atomic mass is 35.5. The van der Waals surface area contributed by atoms with Crippen LogP contribution in [-0.2, 0) is 0 Å². The molecule has 0 radical (unpaired) electrons. The van der Waals surface area contributed by atoms with Crippen molar-refractivity contribution in [1.29, 1.82) is 5.26 Å². The summed E-state index contributed by atoms with van der Waals surface area (Å²) in [6.07, 6.45) is 0.432. The van der Waals surface area contributed by atoms with Crippen LogP contribution < -0.4 is 5.32 Å². The predicted octanol–water partition coefficient (Wildman–Crippen LogP) is 4.02. The molecule has 1 rings (SSSR count). The Kier molecular flexibility index (Phi) is 4.26. The zero-order chi connectivity index (χ0) is 11.4. The fourth-order valence-corrected chi connectivity index (χ4v) is 1.65. The minimum atomic E-state index is 0.0614. The molecule has 2 nitrogen and oxygen atoms in total. The van der Waals surface area contributed by atoms with E-state index in [0.29, 0.717) is 16.5 Å². The second kappa shape index (κ2) is 5.25. The van der Waals surface area contributed by atoms with Crippen molar-refractivity contribution in [2.24, 2.45) is 0 Å². The van der Waals surface area contributed by atoms with Gasteiger partial charge in [0.1, 0.15) is 0 Å². The number of nitrogens with one attached hydrogen (secondary N) is 1. The maximum Gasteiger partial charge on any atom is 0.0643 e. The Bertz CT molecular complexity index is 396. The van der Waals surface area contributed by atoms with Crippen LogP contribution in [0, 0.1) is 18.3 Å². The molecule has 0 spiro atoms. The van der Waals surface area contributed by atoms with Crippen LogP contribution in [0.1, 0.15) is 18.9 Å². The Morgan fingerprint density at radius 1 is 1.40 bits per heavy atom. The highest BCUT2D eigenvalue weighted by molar-refractivity contribution is 6.35. The number of halogens is 2. The van der Waals surface area contributed by atoms with Crippen molar-refractivity contribution >= 4 is 28.9 Å². The first-order chi connectivity index (χ1) is 7.04. The van der Waals surface area contributed by atoms with Crippen molar-refractivity contribution in [1.82, 2.24) is 0 Å². The van der Waals surface area contributed by atoms with Crippen LogP contribution in [0.15, 0.2) is 12.1 Å². The van der Waals surface area contributed by atoms with Gasteiger partial charge in [0.15, 0.2) is 0 Å². The van der Waals surface area contributed by atoms with Gasteiger partial charge in [0, 0.05) is 11.1 Å². The predicted molar refractivity (Wildman–Crippen MR) is 64.5 cm³/mol. The molecule has 0 aliphatic heterocycles. The van der Waals surface area contributed by atoms with Gasteiger partial charge >= 0.3 is 0 Å². The van der Waals surface area contributed by atoms with Crippen LogP contribution in [-0.4, -0.2) is 6.04 Å². The normalized spacial score (nSPS) is 11.9. The molecule has 1 aromatic carbocycles. The number of nitrogens with zero attached hydrogens (tertiary/aromatic N) is 1. The van der Waals surface area contributed by atoms with E-state index in [-0.39, 0.29) is 6.04 Å². The molecule has 1 aromatic rings. The minimum Gasteiger partial charge on any atom is -0.380 e. The van der Waals surface area contributed by atoms with Gasteiger partial charge in [-0.15, -0.1) is 0 Å². The van der Waals surface area contributed by atoms with Crippen LogP contribution in [0.25, 0.3) is 0 Å². The van der Waals surface area contributed by atoms with Gasteiger partial charge in [-0.2, -0.15) is 5.26 Å². The lowest BCUT2D eigenvalue weighted by Gasteiger charge is -2.14. The molecule has 0 aromatic heterocycles. The van der Waals surface area contributed by atoms with E-state index in [9.17, 15) is 0 Å². The second-order valence-corrected chi connectivity index (χ2v) is 4.30. The van der Waals surface area contributed by atoms with E-state index < -0.39 is 0 Å². The van der Waals surface area contributed by atoms with Crippen molar-refractivity contribution in [3.63, 3.8) is 0 Å². The molecule has 0 bridgehead atoms. The first-order valence-electron chi connectivity index (χ1n) is 4.63. The lowest BCUT2D eigenvalue weighted by molar-refractivity contribution is 0.821. The third kappa shape index (κ3) is 3.30. The Labute approximate surface area is 99.8 Å². The maximum atomic E-state index is 8.53. The van der Waals surface area contributed by atoms with Crippen LogP contribution >= 0.6 is 23.2 Å². The van der Waals surface area contributed by atoms with Crippen molar-refractivity contribution in [3.05, 3.63) is 27.7 Å². The van der Waals surface area contributed by atoms with Crippen LogP contribution in [0.4, 0.5) is 5.69 Å². The smallest absolute Gasteiger partial charge is 0.0643 e. The zero-order valence-electron chi connectivity index (χ0n) is 8.64. The van der Waals surface area contributed by atoms with Crippen molar-refractivity contribution in [2.45, 2.75) is 26.3 Å². The molecular weight excluding hydrogens is 231 g/mol. The van der Waals surface area contributed by atoms with Gasteiger partial charge in [0.2, 0.25) is 0 Å². The van der Waals surface area contributed by atoms with Gasteiger partial charge in [-0.05, 0) is 31.5 Å². The topological polar surface area (TPSA) is 35.8 Å². The molecule has 0 heterocycles. The molecule has 0 aliphatic rings. The lowest BCUT2D eigenvalue weighted by atomic mass is 10.2. The number of aryl methyl sites for hydroxylation is 1. The summed E-state index contributed by atoms with van der Waals surface area (Å²) >= 11 is 12.0. The SMILES string of the molecule is Cc1cc(Cl)c(NC(C)CC#N)cc1Cl. The van der Waals surface area contributed by atoms with E-state index >= 15 is 0 Å². The molecule has 0 saturated heterocycles. The van der Waals surface area contributed by atoms with Gasteiger partial charge in [-0.25, -0.2) is 0 Å². The lowest BCUT2D eigenvalue weighted by Crippen LogP contribution is -2.14. The summed E-state index contributed by atoms with van der Waals surface area (Å²) in [5, 5.41) is 13.0. The Balaban J connectivity index is 2.87. The number of hydrogen-bond donors (Lipinski definition) is 1. The van der Waals surface area contributed by atoms with E-state index in [0.717, 1.165) is 11.3 Å². The summed E-state index contributed by atoms with van der Waals surface area (Å²) in [5.41, 5.74) is 1.72. The molecule has 0 saturated carbocycles. The standard InChI is InChI=1S/C11H12Cl2N2/c1-7-5-10(13)11(6-9(7)12)15-8(2)3-4-14/h5-6,8,15H,3H2,1-2H3. The summed E-state index contributed by atoms with van der Waals surface area (Å²) in [7, 11) is 0. The molecule has 4 heteroatoms. The highest BCUT2D eigenvalue weighted by Crippen LogP contribution is 2.29. The molecule has 1 N–H and O–H groups in total. The summed E-state index contributed by atoms with van der Waals surface area (Å²) in [6, 6.07) is 5.75. The van der Waals surface area contributed by atoms with Crippen LogP contribution in [0.3, 0.4) is 0 Å². The highest BCUT2D eigenvalue weighted by Gasteiger charge is 2.07. The molecule has 15 heavy (non-hydrogen) atoms. The third-order valence-corrected chi connectivity index (χ3v) is 2.77. The monoisotopic (exact) mass is 242 g/mol. The van der Waals surface area contributed by atoms with Gasteiger partial charge in [0.25, 0.3) is 0 Å². The number of anilines is 1. The van der Waals surface area contributed by atoms with E-state index in [4.69, 9.17) is 28.5 Å². The number of hydrogen-bond acceptors (Lipinski definition) is 2. The first-order valence-corrected chi connectivity index (χ1v) is 5.39. The molecule has 0 fully saturated rings. The van der Waals surface area contributed by atoms with Crippen LogP contribution in [0.5, 0.6) is 0 Å². The summed E-state index contributed by atoms with van der Waals surface area (Å²) in [4.78, 5) is 0. The van der Waals surface area contributed by atoms with Gasteiger partial charge in [-0.3, -0.25) is 0 Å². The largest absolute Gasteiger partial charge is 0.380 e. The van der Waals surface area contributed by atoms with E-state index in [1.807, 2.05) is 19.9 Å². The molecule has 0 amide bonds. The zero-order valence-corrected chi connectivity index (χ0v) is 10.2. The average Bonchev–Trinajstić information content (AvgIpc) is 2.14. The first kappa shape index (κ1) is 12.2. The second-order valence-electron chi connectivity index (χ2n) is 3.49. The van der Waals surface area contributed by atoms with Gasteiger partial charge < -0.3 is 5.32 Å². The van der Waals surface area contributed by atoms with Crippen molar-refractivity contribution in [3.8, 4) is 6.07 Å². The molecule has 1 unspecified atom stereocenters. The van der Waals surface area contributed by atoms with E-state index in [1.54, 1.807) is 6.07 Å². The number of nitriles is 1. The minimum absolute atomic E-state index is 0.0614. The Morgan fingerprint density at radius 2 is 2.07 bits per heavy atom. The third-order valence-electron chi connectivity index (χ3n) is 2.05. The quantitative estimate of drug-likeness (QED) is 0.870. The summed E-state index contributed by atoms with van der Waals surface area (Å²) in [5.74, 6) is 0. The summed E-state index contributed by atoms with van der Waals surface area (Å²) < 4.78 is 0. The molecule has 80 valence electrons. The maximum absolute atomic E-state index is 8.53. The van der Waals surface area contributed by atoms with Crippen molar-refractivity contribution in [2.75, 3.05) is 5.32 Å². The Hall–Kier alpha value is -0.910. The van der Waals surface area contributed by atoms with Gasteiger partial charge in [-0.1, -0.05) is 23.2 Å². The summed E-state index contributed by atoms with van der Waals surface area (Å²) in [6.45, 7) is 3.82. The fourth-order valence-electron chi connectivity index (χ4n) is 1.21. The Morgan fingerprint density at radius 3 is 2.67 bits per heavy atom. The van der Waals surface area contributed by atoms with Crippen LogP contribution in [0.2, 0.25) is 10.0 Å².